The number of ether oxygens (including phenoxy) is 1. The van der Waals surface area contributed by atoms with Crippen LogP contribution >= 0.6 is 23.4 Å². The number of benzene rings is 1. The molecule has 7 heteroatoms. The molecule has 0 spiro atoms. The van der Waals surface area contributed by atoms with Crippen LogP contribution in [0.15, 0.2) is 53.8 Å². The van der Waals surface area contributed by atoms with E-state index in [1.54, 1.807) is 11.8 Å². The largest absolute Gasteiger partial charge is 0.484 e. The van der Waals surface area contributed by atoms with Crippen molar-refractivity contribution in [1.82, 2.24) is 19.7 Å². The maximum atomic E-state index is 6.15. The molecular formula is C18H17ClN4OS. The molecule has 5 nitrogen and oxygen atoms in total. The van der Waals surface area contributed by atoms with Gasteiger partial charge in [-0.05, 0) is 37.1 Å². The predicted molar refractivity (Wildman–Crippen MR) is 97.9 cm³/mol. The fourth-order valence-electron chi connectivity index (χ4n) is 2.53. The van der Waals surface area contributed by atoms with E-state index in [1.807, 2.05) is 48.7 Å². The monoisotopic (exact) mass is 372 g/mol. The predicted octanol–water partition coefficient (Wildman–Crippen LogP) is 4.53. The van der Waals surface area contributed by atoms with E-state index < -0.39 is 0 Å². The van der Waals surface area contributed by atoms with Gasteiger partial charge >= 0.3 is 0 Å². The molecule has 0 amide bonds. The lowest BCUT2D eigenvalue weighted by atomic mass is 10.3. The van der Waals surface area contributed by atoms with Crippen molar-refractivity contribution in [3.63, 3.8) is 0 Å². The second-order valence-electron chi connectivity index (χ2n) is 5.83. The molecule has 0 atom stereocenters. The molecule has 2 aromatic heterocycles. The van der Waals surface area contributed by atoms with E-state index >= 15 is 0 Å². The first-order valence-corrected chi connectivity index (χ1v) is 9.51. The second-order valence-corrected chi connectivity index (χ2v) is 7.18. The first-order valence-electron chi connectivity index (χ1n) is 8.15. The molecule has 1 aliphatic rings. The number of thioether (sulfide) groups is 1. The van der Waals surface area contributed by atoms with Gasteiger partial charge in [0, 0.05) is 18.0 Å². The van der Waals surface area contributed by atoms with E-state index in [1.165, 1.54) is 0 Å². The van der Waals surface area contributed by atoms with Gasteiger partial charge in [-0.1, -0.05) is 41.6 Å². The zero-order chi connectivity index (χ0) is 17.1. The summed E-state index contributed by atoms with van der Waals surface area (Å²) in [7, 11) is 0. The van der Waals surface area contributed by atoms with Gasteiger partial charge in [-0.3, -0.25) is 9.55 Å². The number of para-hydroxylation sites is 1. The molecule has 25 heavy (non-hydrogen) atoms. The van der Waals surface area contributed by atoms with Gasteiger partial charge in [-0.15, -0.1) is 10.2 Å². The van der Waals surface area contributed by atoms with Crippen molar-refractivity contribution in [3.05, 3.63) is 65.2 Å². The van der Waals surface area contributed by atoms with Crippen LogP contribution in [0.25, 0.3) is 0 Å². The average molecular weight is 373 g/mol. The summed E-state index contributed by atoms with van der Waals surface area (Å²) < 4.78 is 8.04. The third-order valence-corrected chi connectivity index (χ3v) is 5.20. The number of hydrogen-bond acceptors (Lipinski definition) is 5. The van der Waals surface area contributed by atoms with Crippen LogP contribution in [0, 0.1) is 0 Å². The lowest BCUT2D eigenvalue weighted by Crippen LogP contribution is -2.07. The van der Waals surface area contributed by atoms with Crippen LogP contribution in [0.5, 0.6) is 5.75 Å². The number of halogens is 1. The molecule has 0 unspecified atom stereocenters. The van der Waals surface area contributed by atoms with Gasteiger partial charge in [0.05, 0.1) is 10.7 Å². The summed E-state index contributed by atoms with van der Waals surface area (Å²) in [6, 6.07) is 13.9. The fraction of sp³-hybridized carbons (Fsp3) is 0.278. The Labute approximate surface area is 155 Å². The maximum absolute atomic E-state index is 6.15. The van der Waals surface area contributed by atoms with Crippen molar-refractivity contribution in [3.8, 4) is 5.75 Å². The van der Waals surface area contributed by atoms with Gasteiger partial charge in [0.15, 0.2) is 11.0 Å². The molecule has 0 radical (unpaired) electrons. The SMILES string of the molecule is Clc1ccccc1OCc1nnc(SCc2ccccn2)n1C1CC1. The summed E-state index contributed by atoms with van der Waals surface area (Å²) in [6.07, 6.45) is 4.13. The Bertz CT molecular complexity index is 851. The molecule has 0 bridgehead atoms. The van der Waals surface area contributed by atoms with Gasteiger partial charge in [0.1, 0.15) is 12.4 Å². The third kappa shape index (κ3) is 3.96. The van der Waals surface area contributed by atoms with E-state index in [0.717, 1.165) is 35.3 Å². The van der Waals surface area contributed by atoms with E-state index in [0.29, 0.717) is 23.4 Å². The third-order valence-electron chi connectivity index (χ3n) is 3.92. The minimum Gasteiger partial charge on any atom is -0.484 e. The number of hydrogen-bond donors (Lipinski definition) is 0. The highest BCUT2D eigenvalue weighted by atomic mass is 35.5. The van der Waals surface area contributed by atoms with Crippen LogP contribution < -0.4 is 4.74 Å². The molecule has 2 heterocycles. The Hall–Kier alpha value is -2.05. The number of pyridine rings is 1. The van der Waals surface area contributed by atoms with Crippen molar-refractivity contribution in [2.24, 2.45) is 0 Å². The molecule has 1 aliphatic carbocycles. The zero-order valence-electron chi connectivity index (χ0n) is 13.5. The van der Waals surface area contributed by atoms with Crippen LogP contribution in [-0.2, 0) is 12.4 Å². The lowest BCUT2D eigenvalue weighted by Gasteiger charge is -2.10. The number of nitrogens with zero attached hydrogens (tertiary/aromatic N) is 4. The quantitative estimate of drug-likeness (QED) is 0.570. The van der Waals surface area contributed by atoms with E-state index in [-0.39, 0.29) is 0 Å². The molecule has 0 N–H and O–H groups in total. The Kier molecular flexibility index (Phi) is 4.90. The van der Waals surface area contributed by atoms with Crippen molar-refractivity contribution in [1.29, 1.82) is 0 Å². The normalized spacial score (nSPS) is 13.8. The smallest absolute Gasteiger partial charge is 0.191 e. The summed E-state index contributed by atoms with van der Waals surface area (Å²) in [5.74, 6) is 2.28. The molecule has 3 aromatic rings. The molecule has 1 aromatic carbocycles. The highest BCUT2D eigenvalue weighted by molar-refractivity contribution is 7.98. The average Bonchev–Trinajstić information content (AvgIpc) is 3.40. The van der Waals surface area contributed by atoms with Crippen molar-refractivity contribution in [2.75, 3.05) is 0 Å². The Morgan fingerprint density at radius 2 is 1.96 bits per heavy atom. The summed E-state index contributed by atoms with van der Waals surface area (Å²) in [4.78, 5) is 4.36. The van der Waals surface area contributed by atoms with E-state index in [2.05, 4.69) is 19.7 Å². The molecule has 1 fully saturated rings. The summed E-state index contributed by atoms with van der Waals surface area (Å²) >= 11 is 7.81. The topological polar surface area (TPSA) is 52.8 Å². The molecule has 1 saturated carbocycles. The molecular weight excluding hydrogens is 356 g/mol. The standard InChI is InChI=1S/C18H17ClN4OS/c19-15-6-1-2-7-16(15)24-11-17-21-22-18(23(17)14-8-9-14)25-12-13-5-3-4-10-20-13/h1-7,10,14H,8-9,11-12H2. The molecule has 4 rings (SSSR count). The van der Waals surface area contributed by atoms with Crippen LogP contribution in [0.4, 0.5) is 0 Å². The zero-order valence-corrected chi connectivity index (χ0v) is 15.1. The van der Waals surface area contributed by atoms with Crippen LogP contribution in [0.3, 0.4) is 0 Å². The van der Waals surface area contributed by atoms with Gasteiger partial charge in [0.25, 0.3) is 0 Å². The van der Waals surface area contributed by atoms with Gasteiger partial charge in [-0.2, -0.15) is 0 Å². The summed E-state index contributed by atoms with van der Waals surface area (Å²) in [5, 5.41) is 10.2. The first kappa shape index (κ1) is 16.4. The fourth-order valence-corrected chi connectivity index (χ4v) is 3.66. The van der Waals surface area contributed by atoms with Crippen LogP contribution in [0.2, 0.25) is 5.02 Å². The van der Waals surface area contributed by atoms with E-state index in [9.17, 15) is 0 Å². The second kappa shape index (κ2) is 7.45. The number of aromatic nitrogens is 4. The van der Waals surface area contributed by atoms with Crippen molar-refractivity contribution < 1.29 is 4.74 Å². The minimum atomic E-state index is 0.359. The minimum absolute atomic E-state index is 0.359. The molecule has 0 aliphatic heterocycles. The van der Waals surface area contributed by atoms with Gasteiger partial charge in [0.2, 0.25) is 0 Å². The summed E-state index contributed by atoms with van der Waals surface area (Å²) in [5.41, 5.74) is 1.03. The number of rotatable bonds is 7. The summed E-state index contributed by atoms with van der Waals surface area (Å²) in [6.45, 7) is 0.359. The van der Waals surface area contributed by atoms with Gasteiger partial charge < -0.3 is 4.74 Å². The van der Waals surface area contributed by atoms with Crippen molar-refractivity contribution >= 4 is 23.4 Å². The molecule has 0 saturated heterocycles. The first-order chi connectivity index (χ1) is 12.3. The maximum Gasteiger partial charge on any atom is 0.191 e. The lowest BCUT2D eigenvalue weighted by molar-refractivity contribution is 0.288. The highest BCUT2D eigenvalue weighted by Crippen LogP contribution is 2.39. The molecule has 128 valence electrons. The van der Waals surface area contributed by atoms with Gasteiger partial charge in [-0.25, -0.2) is 0 Å². The Balaban J connectivity index is 1.47. The Morgan fingerprint density at radius 1 is 1.12 bits per heavy atom. The van der Waals surface area contributed by atoms with Crippen molar-refractivity contribution in [2.45, 2.75) is 36.4 Å². The van der Waals surface area contributed by atoms with Crippen LogP contribution in [-0.4, -0.2) is 19.7 Å². The highest BCUT2D eigenvalue weighted by Gasteiger charge is 2.29. The van der Waals surface area contributed by atoms with Crippen LogP contribution in [0.1, 0.15) is 30.4 Å². The Morgan fingerprint density at radius 3 is 2.72 bits per heavy atom. The van der Waals surface area contributed by atoms with E-state index in [4.69, 9.17) is 16.3 Å².